The third-order valence-electron chi connectivity index (χ3n) is 4.89. The van der Waals surface area contributed by atoms with Crippen molar-refractivity contribution >= 4 is 29.3 Å². The summed E-state index contributed by atoms with van der Waals surface area (Å²) >= 11 is 6.10. The van der Waals surface area contributed by atoms with Crippen molar-refractivity contribution in [2.24, 2.45) is 0 Å². The van der Waals surface area contributed by atoms with E-state index in [0.29, 0.717) is 34.4 Å². The van der Waals surface area contributed by atoms with Crippen LogP contribution in [0.25, 0.3) is 6.08 Å². The summed E-state index contributed by atoms with van der Waals surface area (Å²) in [4.78, 5) is 12.6. The van der Waals surface area contributed by atoms with E-state index in [-0.39, 0.29) is 5.57 Å². The van der Waals surface area contributed by atoms with Crippen LogP contribution >= 0.6 is 11.6 Å². The molecule has 0 fully saturated rings. The van der Waals surface area contributed by atoms with Gasteiger partial charge in [0.1, 0.15) is 18.2 Å². The summed E-state index contributed by atoms with van der Waals surface area (Å²) in [5.41, 5.74) is 4.11. The van der Waals surface area contributed by atoms with E-state index in [1.54, 1.807) is 50.4 Å². The minimum absolute atomic E-state index is 0.0419. The van der Waals surface area contributed by atoms with Crippen LogP contribution in [0, 0.1) is 25.2 Å². The van der Waals surface area contributed by atoms with Gasteiger partial charge in [-0.15, -0.1) is 0 Å². The molecule has 0 spiro atoms. The summed E-state index contributed by atoms with van der Waals surface area (Å²) < 4.78 is 11.3. The van der Waals surface area contributed by atoms with Crippen LogP contribution in [0.4, 0.5) is 5.69 Å². The zero-order valence-electron chi connectivity index (χ0n) is 18.1. The second-order valence-electron chi connectivity index (χ2n) is 7.22. The van der Waals surface area contributed by atoms with E-state index in [0.717, 1.165) is 11.1 Å². The number of carbonyl (C=O) groups excluding carboxylic acids is 1. The molecule has 3 aromatic carbocycles. The first-order valence-corrected chi connectivity index (χ1v) is 10.3. The molecule has 3 aromatic rings. The molecule has 0 aliphatic heterocycles. The van der Waals surface area contributed by atoms with Crippen LogP contribution in [0.2, 0.25) is 5.02 Å². The summed E-state index contributed by atoms with van der Waals surface area (Å²) in [5, 5.41) is 12.8. The number of rotatable bonds is 7. The standard InChI is InChI=1S/C26H23ClN2O3/c1-17-7-9-19(10-8-17)16-32-24-12-11-20(14-25(24)31-3)13-21(15-28)26(30)29-23-6-4-5-22(27)18(23)2/h4-14H,16H2,1-3H3,(H,29,30)/b21-13+. The molecule has 0 bridgehead atoms. The van der Waals surface area contributed by atoms with Crippen LogP contribution < -0.4 is 14.8 Å². The molecule has 0 saturated carbocycles. The van der Waals surface area contributed by atoms with Crippen molar-refractivity contribution in [2.45, 2.75) is 20.5 Å². The summed E-state index contributed by atoms with van der Waals surface area (Å²) in [7, 11) is 1.54. The number of hydrogen-bond donors (Lipinski definition) is 1. The van der Waals surface area contributed by atoms with Crippen LogP contribution in [0.15, 0.2) is 66.2 Å². The van der Waals surface area contributed by atoms with Crippen molar-refractivity contribution in [3.8, 4) is 17.6 Å². The molecule has 32 heavy (non-hydrogen) atoms. The predicted octanol–water partition coefficient (Wildman–Crippen LogP) is 6.09. The van der Waals surface area contributed by atoms with Gasteiger partial charge in [0.05, 0.1) is 7.11 Å². The number of amides is 1. The number of nitrogens with one attached hydrogen (secondary N) is 1. The Morgan fingerprint density at radius 2 is 1.84 bits per heavy atom. The van der Waals surface area contributed by atoms with Crippen molar-refractivity contribution < 1.29 is 14.3 Å². The van der Waals surface area contributed by atoms with E-state index in [1.807, 2.05) is 37.3 Å². The Morgan fingerprint density at radius 3 is 2.53 bits per heavy atom. The quantitative estimate of drug-likeness (QED) is 0.352. The fourth-order valence-electron chi connectivity index (χ4n) is 2.99. The zero-order chi connectivity index (χ0) is 23.1. The summed E-state index contributed by atoms with van der Waals surface area (Å²) in [5.74, 6) is 0.563. The van der Waals surface area contributed by atoms with E-state index in [2.05, 4.69) is 5.32 Å². The van der Waals surface area contributed by atoms with Gasteiger partial charge >= 0.3 is 0 Å². The number of halogens is 1. The molecule has 162 valence electrons. The highest BCUT2D eigenvalue weighted by Gasteiger charge is 2.13. The van der Waals surface area contributed by atoms with Crippen molar-refractivity contribution in [1.29, 1.82) is 5.26 Å². The van der Waals surface area contributed by atoms with Crippen molar-refractivity contribution in [2.75, 3.05) is 12.4 Å². The van der Waals surface area contributed by atoms with E-state index >= 15 is 0 Å². The van der Waals surface area contributed by atoms with Crippen molar-refractivity contribution in [3.05, 3.63) is 93.5 Å². The number of nitrogens with zero attached hydrogens (tertiary/aromatic N) is 1. The molecular weight excluding hydrogens is 424 g/mol. The number of methoxy groups -OCH3 is 1. The lowest BCUT2D eigenvalue weighted by Gasteiger charge is -2.12. The lowest BCUT2D eigenvalue weighted by molar-refractivity contribution is -0.112. The maximum absolute atomic E-state index is 12.6. The molecule has 0 aliphatic carbocycles. The molecule has 3 rings (SSSR count). The monoisotopic (exact) mass is 446 g/mol. The Balaban J connectivity index is 1.77. The average Bonchev–Trinajstić information content (AvgIpc) is 2.80. The molecule has 0 unspecified atom stereocenters. The second-order valence-corrected chi connectivity index (χ2v) is 7.63. The van der Waals surface area contributed by atoms with Gasteiger partial charge in [0.25, 0.3) is 5.91 Å². The van der Waals surface area contributed by atoms with Crippen LogP contribution in [0.5, 0.6) is 11.5 Å². The molecule has 0 aliphatic rings. The number of nitriles is 1. The number of benzene rings is 3. The van der Waals surface area contributed by atoms with Crippen LogP contribution in [-0.2, 0) is 11.4 Å². The van der Waals surface area contributed by atoms with Crippen LogP contribution in [0.3, 0.4) is 0 Å². The predicted molar refractivity (Wildman–Crippen MR) is 127 cm³/mol. The van der Waals surface area contributed by atoms with Gasteiger partial charge in [-0.2, -0.15) is 5.26 Å². The third kappa shape index (κ3) is 5.69. The molecule has 0 saturated heterocycles. The number of hydrogen-bond acceptors (Lipinski definition) is 4. The molecule has 5 nitrogen and oxygen atoms in total. The van der Waals surface area contributed by atoms with E-state index in [4.69, 9.17) is 21.1 Å². The van der Waals surface area contributed by atoms with Crippen molar-refractivity contribution in [1.82, 2.24) is 0 Å². The summed E-state index contributed by atoms with van der Waals surface area (Å²) in [6.07, 6.45) is 1.50. The minimum Gasteiger partial charge on any atom is -0.493 e. The topological polar surface area (TPSA) is 71.3 Å². The molecule has 0 atom stereocenters. The molecular formula is C26H23ClN2O3. The molecule has 1 amide bonds. The zero-order valence-corrected chi connectivity index (χ0v) is 18.9. The maximum atomic E-state index is 12.6. The molecule has 6 heteroatoms. The average molecular weight is 447 g/mol. The minimum atomic E-state index is -0.517. The molecule has 0 aromatic heterocycles. The maximum Gasteiger partial charge on any atom is 0.266 e. The lowest BCUT2D eigenvalue weighted by Crippen LogP contribution is -2.14. The molecule has 1 N–H and O–H groups in total. The van der Waals surface area contributed by atoms with E-state index < -0.39 is 5.91 Å². The fraction of sp³-hybridized carbons (Fsp3) is 0.154. The van der Waals surface area contributed by atoms with Crippen molar-refractivity contribution in [3.63, 3.8) is 0 Å². The second kappa shape index (κ2) is 10.5. The molecule has 0 radical (unpaired) electrons. The normalized spacial score (nSPS) is 10.9. The van der Waals surface area contributed by atoms with Gasteiger partial charge in [0.15, 0.2) is 11.5 Å². The Hall–Kier alpha value is -3.75. The Kier molecular flexibility index (Phi) is 7.54. The number of carbonyl (C=O) groups is 1. The van der Waals surface area contributed by atoms with Crippen LogP contribution in [-0.4, -0.2) is 13.0 Å². The van der Waals surface area contributed by atoms with Gasteiger partial charge in [0.2, 0.25) is 0 Å². The van der Waals surface area contributed by atoms with Gasteiger partial charge in [-0.1, -0.05) is 53.6 Å². The fourth-order valence-corrected chi connectivity index (χ4v) is 3.16. The Bertz CT molecular complexity index is 1190. The highest BCUT2D eigenvalue weighted by molar-refractivity contribution is 6.31. The van der Waals surface area contributed by atoms with Gasteiger partial charge in [-0.25, -0.2) is 0 Å². The van der Waals surface area contributed by atoms with Crippen LogP contribution in [0.1, 0.15) is 22.3 Å². The van der Waals surface area contributed by atoms with E-state index in [9.17, 15) is 10.1 Å². The first-order valence-electron chi connectivity index (χ1n) is 9.96. The smallest absolute Gasteiger partial charge is 0.266 e. The highest BCUT2D eigenvalue weighted by Crippen LogP contribution is 2.30. The number of aryl methyl sites for hydroxylation is 1. The summed E-state index contributed by atoms with van der Waals surface area (Å²) in [6, 6.07) is 20.5. The van der Waals surface area contributed by atoms with E-state index in [1.165, 1.54) is 11.6 Å². The Morgan fingerprint density at radius 1 is 1.09 bits per heavy atom. The van der Waals surface area contributed by atoms with Gasteiger partial charge in [-0.3, -0.25) is 4.79 Å². The molecule has 0 heterocycles. The van der Waals surface area contributed by atoms with Gasteiger partial charge < -0.3 is 14.8 Å². The number of ether oxygens (including phenoxy) is 2. The SMILES string of the molecule is COc1cc(/C=C(\C#N)C(=O)Nc2cccc(Cl)c2C)ccc1OCc1ccc(C)cc1. The van der Waals surface area contributed by atoms with Gasteiger partial charge in [-0.05, 0) is 60.9 Å². The Labute approximate surface area is 192 Å². The number of anilines is 1. The first-order chi connectivity index (χ1) is 15.4. The third-order valence-corrected chi connectivity index (χ3v) is 5.30. The summed E-state index contributed by atoms with van der Waals surface area (Å²) in [6.45, 7) is 4.23. The first kappa shape index (κ1) is 22.9. The largest absolute Gasteiger partial charge is 0.493 e. The lowest BCUT2D eigenvalue weighted by atomic mass is 10.1. The van der Waals surface area contributed by atoms with Gasteiger partial charge in [0, 0.05) is 10.7 Å². The highest BCUT2D eigenvalue weighted by atomic mass is 35.5.